The predicted molar refractivity (Wildman–Crippen MR) is 73.4 cm³/mol. The van der Waals surface area contributed by atoms with E-state index in [-0.39, 0.29) is 0 Å². The first-order chi connectivity index (χ1) is 9.79. The summed E-state index contributed by atoms with van der Waals surface area (Å²) in [5.74, 6) is -3.02. The zero-order valence-electron chi connectivity index (χ0n) is 11.2. The molecule has 1 aromatic rings. The molecule has 0 heterocycles. The first-order valence-corrected chi connectivity index (χ1v) is 6.32. The number of hydrogen-bond acceptors (Lipinski definition) is 4. The second kappa shape index (κ2) is 7.49. The zero-order valence-corrected chi connectivity index (χ0v) is 11.9. The van der Waals surface area contributed by atoms with E-state index >= 15 is 0 Å². The molecule has 0 saturated heterocycles. The number of aliphatic carboxylic acids is 2. The predicted octanol–water partition coefficient (Wildman–Crippen LogP) is 1.11. The number of hydrogen-bond donors (Lipinski definition) is 2. The fourth-order valence-corrected chi connectivity index (χ4v) is 1.77. The molecule has 0 aliphatic carbocycles. The van der Waals surface area contributed by atoms with E-state index in [1.165, 1.54) is 13.0 Å². The monoisotopic (exact) mass is 315 g/mol. The number of carboxylic acids is 2. The van der Waals surface area contributed by atoms with Crippen LogP contribution in [0.4, 0.5) is 0 Å². The highest BCUT2D eigenvalue weighted by Gasteiger charge is 2.25. The van der Waals surface area contributed by atoms with Gasteiger partial charge in [-0.3, -0.25) is 14.4 Å². The first-order valence-electron chi connectivity index (χ1n) is 5.94. The van der Waals surface area contributed by atoms with Crippen LogP contribution in [0, 0.1) is 0 Å². The number of nitrogens with zero attached hydrogens (tertiary/aromatic N) is 1. The number of halogens is 1. The standard InChI is InChI=1S/C13H14ClNO6/c1-8(21-10-4-2-3-9(14)5-10)13(20)15(6-11(16)17)7-12(18)19/h2-5,8H,6-7H2,1H3,(H,16,17)(H,18,19). The SMILES string of the molecule is CC(Oc1cccc(Cl)c1)C(=O)N(CC(=O)O)CC(=O)O. The second-order valence-electron chi connectivity index (χ2n) is 4.20. The van der Waals surface area contributed by atoms with E-state index in [9.17, 15) is 14.4 Å². The third-order valence-corrected chi connectivity index (χ3v) is 2.66. The Kier molecular flexibility index (Phi) is 5.98. The topological polar surface area (TPSA) is 104 Å². The van der Waals surface area contributed by atoms with Gasteiger partial charge in [-0.1, -0.05) is 17.7 Å². The van der Waals surface area contributed by atoms with Crippen molar-refractivity contribution < 1.29 is 29.3 Å². The lowest BCUT2D eigenvalue weighted by Gasteiger charge is -2.23. The summed E-state index contributed by atoms with van der Waals surface area (Å²) in [6, 6.07) is 6.32. The summed E-state index contributed by atoms with van der Waals surface area (Å²) in [6.45, 7) is -0.0251. The van der Waals surface area contributed by atoms with Crippen LogP contribution in [0.3, 0.4) is 0 Å². The molecule has 1 rings (SSSR count). The van der Waals surface area contributed by atoms with Gasteiger partial charge >= 0.3 is 11.9 Å². The number of carbonyl (C=O) groups excluding carboxylic acids is 1. The molecule has 0 aliphatic heterocycles. The third kappa shape index (κ3) is 5.70. The van der Waals surface area contributed by atoms with Crippen LogP contribution in [-0.2, 0) is 14.4 Å². The molecule has 7 nitrogen and oxygen atoms in total. The zero-order chi connectivity index (χ0) is 16.0. The molecule has 21 heavy (non-hydrogen) atoms. The quantitative estimate of drug-likeness (QED) is 0.781. The molecule has 1 amide bonds. The molecule has 0 radical (unpaired) electrons. The summed E-state index contributed by atoms with van der Waals surface area (Å²) in [4.78, 5) is 34.1. The van der Waals surface area contributed by atoms with Crippen LogP contribution in [0.25, 0.3) is 0 Å². The highest BCUT2D eigenvalue weighted by Crippen LogP contribution is 2.18. The molecule has 1 aromatic carbocycles. The summed E-state index contributed by atoms with van der Waals surface area (Å²) in [7, 11) is 0. The molecule has 0 bridgehead atoms. The van der Waals surface area contributed by atoms with Crippen LogP contribution in [-0.4, -0.2) is 52.2 Å². The fraction of sp³-hybridized carbons (Fsp3) is 0.308. The number of ether oxygens (including phenoxy) is 1. The van der Waals surface area contributed by atoms with Gasteiger partial charge in [0.05, 0.1) is 0 Å². The largest absolute Gasteiger partial charge is 0.481 e. The summed E-state index contributed by atoms with van der Waals surface area (Å²) < 4.78 is 5.34. The lowest BCUT2D eigenvalue weighted by molar-refractivity contribution is -0.152. The van der Waals surface area contributed by atoms with Crippen LogP contribution in [0.1, 0.15) is 6.92 Å². The van der Waals surface area contributed by atoms with E-state index in [0.717, 1.165) is 0 Å². The normalized spacial score (nSPS) is 11.5. The summed E-state index contributed by atoms with van der Waals surface area (Å²) in [5, 5.41) is 17.8. The Morgan fingerprint density at radius 2 is 1.81 bits per heavy atom. The molecule has 0 saturated carbocycles. The van der Waals surface area contributed by atoms with Gasteiger partial charge in [-0.25, -0.2) is 0 Å². The minimum Gasteiger partial charge on any atom is -0.481 e. The molecule has 2 N–H and O–H groups in total. The Morgan fingerprint density at radius 1 is 1.24 bits per heavy atom. The molecule has 0 aromatic heterocycles. The summed E-state index contributed by atoms with van der Waals surface area (Å²) in [5.41, 5.74) is 0. The molecule has 0 spiro atoms. The maximum Gasteiger partial charge on any atom is 0.323 e. The average Bonchev–Trinajstić information content (AvgIpc) is 2.35. The van der Waals surface area contributed by atoms with E-state index in [0.29, 0.717) is 15.7 Å². The smallest absolute Gasteiger partial charge is 0.323 e. The molecule has 0 aliphatic rings. The lowest BCUT2D eigenvalue weighted by atomic mass is 10.3. The second-order valence-corrected chi connectivity index (χ2v) is 4.64. The average molecular weight is 316 g/mol. The Hall–Kier alpha value is -2.28. The summed E-state index contributed by atoms with van der Waals surface area (Å²) >= 11 is 5.78. The minimum absolute atomic E-state index is 0.328. The number of carboxylic acid groups (broad SMARTS) is 2. The molecule has 114 valence electrons. The number of benzene rings is 1. The van der Waals surface area contributed by atoms with Crippen molar-refractivity contribution in [2.75, 3.05) is 13.1 Å². The maximum absolute atomic E-state index is 12.0. The van der Waals surface area contributed by atoms with Crippen molar-refractivity contribution >= 4 is 29.4 Å². The van der Waals surface area contributed by atoms with Gasteiger partial charge in [0.2, 0.25) is 0 Å². The van der Waals surface area contributed by atoms with Gasteiger partial charge in [-0.2, -0.15) is 0 Å². The van der Waals surface area contributed by atoms with Crippen molar-refractivity contribution in [3.8, 4) is 5.75 Å². The van der Waals surface area contributed by atoms with Crippen molar-refractivity contribution in [3.05, 3.63) is 29.3 Å². The van der Waals surface area contributed by atoms with Crippen LogP contribution in [0.5, 0.6) is 5.75 Å². The lowest BCUT2D eigenvalue weighted by Crippen LogP contribution is -2.45. The van der Waals surface area contributed by atoms with Gasteiger partial charge in [-0.15, -0.1) is 0 Å². The molecular weight excluding hydrogens is 302 g/mol. The van der Waals surface area contributed by atoms with E-state index in [1.807, 2.05) is 0 Å². The summed E-state index contributed by atoms with van der Waals surface area (Å²) in [6.07, 6.45) is -1.04. The van der Waals surface area contributed by atoms with Gasteiger partial charge in [0, 0.05) is 5.02 Å². The van der Waals surface area contributed by atoms with Crippen molar-refractivity contribution in [1.82, 2.24) is 4.90 Å². The third-order valence-electron chi connectivity index (χ3n) is 2.42. The van der Waals surface area contributed by atoms with Crippen molar-refractivity contribution in [2.45, 2.75) is 13.0 Å². The Balaban J connectivity index is 2.77. The highest BCUT2D eigenvalue weighted by atomic mass is 35.5. The highest BCUT2D eigenvalue weighted by molar-refractivity contribution is 6.30. The van der Waals surface area contributed by atoms with Gasteiger partial charge in [0.25, 0.3) is 5.91 Å². The van der Waals surface area contributed by atoms with Crippen LogP contribution >= 0.6 is 11.6 Å². The number of carbonyl (C=O) groups is 3. The Bertz CT molecular complexity index is 531. The Labute approximate surface area is 125 Å². The van der Waals surface area contributed by atoms with E-state index < -0.39 is 37.0 Å². The van der Waals surface area contributed by atoms with E-state index in [4.69, 9.17) is 26.6 Å². The molecule has 1 atom stereocenters. The van der Waals surface area contributed by atoms with Crippen molar-refractivity contribution in [1.29, 1.82) is 0 Å². The van der Waals surface area contributed by atoms with Gasteiger partial charge in [0.15, 0.2) is 6.10 Å². The van der Waals surface area contributed by atoms with Crippen LogP contribution < -0.4 is 4.74 Å². The molecule has 1 unspecified atom stereocenters. The van der Waals surface area contributed by atoms with Gasteiger partial charge < -0.3 is 19.8 Å². The maximum atomic E-state index is 12.0. The van der Waals surface area contributed by atoms with E-state index in [2.05, 4.69) is 0 Å². The molecule has 8 heteroatoms. The van der Waals surface area contributed by atoms with Crippen LogP contribution in [0.15, 0.2) is 24.3 Å². The molecular formula is C13H14ClNO6. The van der Waals surface area contributed by atoms with Crippen LogP contribution in [0.2, 0.25) is 5.02 Å². The Morgan fingerprint density at radius 3 is 2.29 bits per heavy atom. The first kappa shape index (κ1) is 16.8. The number of rotatable bonds is 7. The van der Waals surface area contributed by atoms with E-state index in [1.54, 1.807) is 18.2 Å². The molecule has 0 fully saturated rings. The van der Waals surface area contributed by atoms with Crippen molar-refractivity contribution in [2.24, 2.45) is 0 Å². The number of amides is 1. The fourth-order valence-electron chi connectivity index (χ4n) is 1.59. The van der Waals surface area contributed by atoms with Gasteiger partial charge in [-0.05, 0) is 25.1 Å². The van der Waals surface area contributed by atoms with Gasteiger partial charge in [0.1, 0.15) is 18.8 Å². The minimum atomic E-state index is -1.31. The van der Waals surface area contributed by atoms with Crippen molar-refractivity contribution in [3.63, 3.8) is 0 Å².